The van der Waals surface area contributed by atoms with Crippen molar-refractivity contribution in [2.75, 3.05) is 31.1 Å². The van der Waals surface area contributed by atoms with Gasteiger partial charge in [-0.25, -0.2) is 8.42 Å². The Labute approximate surface area is 90.7 Å². The second-order valence-electron chi connectivity index (χ2n) is 3.87. The van der Waals surface area contributed by atoms with Crippen LogP contribution in [0.3, 0.4) is 0 Å². The summed E-state index contributed by atoms with van der Waals surface area (Å²) in [6.07, 6.45) is 0. The van der Waals surface area contributed by atoms with E-state index in [1.54, 1.807) is 11.8 Å². The third kappa shape index (κ3) is 3.79. The predicted molar refractivity (Wildman–Crippen MR) is 58.4 cm³/mol. The first-order valence-electron chi connectivity index (χ1n) is 5.16. The van der Waals surface area contributed by atoms with Gasteiger partial charge < -0.3 is 10.2 Å². The van der Waals surface area contributed by atoms with Crippen molar-refractivity contribution in [1.82, 2.24) is 10.2 Å². The summed E-state index contributed by atoms with van der Waals surface area (Å²) in [7, 11) is -3.20. The number of hydrogen-bond donors (Lipinski definition) is 1. The first kappa shape index (κ1) is 12.4. The second-order valence-corrected chi connectivity index (χ2v) is 6.22. The fourth-order valence-electron chi connectivity index (χ4n) is 1.54. The van der Waals surface area contributed by atoms with Gasteiger partial charge in [-0.2, -0.15) is 0 Å². The van der Waals surface area contributed by atoms with Gasteiger partial charge in [-0.05, 0) is 6.92 Å². The van der Waals surface area contributed by atoms with Gasteiger partial charge in [0, 0.05) is 31.4 Å². The molecule has 1 aliphatic rings. The van der Waals surface area contributed by atoms with Crippen molar-refractivity contribution in [3.63, 3.8) is 0 Å². The number of carbonyl (C=O) groups excluding carboxylic acids is 1. The highest BCUT2D eigenvalue weighted by Crippen LogP contribution is 2.01. The Morgan fingerprint density at radius 1 is 1.53 bits per heavy atom. The number of amides is 1. The molecule has 0 bridgehead atoms. The first-order chi connectivity index (χ1) is 6.94. The number of hydrogen-bond acceptors (Lipinski definition) is 4. The average molecular weight is 234 g/mol. The van der Waals surface area contributed by atoms with Crippen LogP contribution in [0.4, 0.5) is 0 Å². The molecule has 1 N–H and O–H groups in total. The zero-order valence-corrected chi connectivity index (χ0v) is 10.0. The predicted octanol–water partition coefficient (Wildman–Crippen LogP) is -0.759. The maximum atomic E-state index is 11.6. The number of nitrogens with one attached hydrogen (secondary N) is 1. The van der Waals surface area contributed by atoms with Crippen LogP contribution in [-0.2, 0) is 14.6 Å². The van der Waals surface area contributed by atoms with Crippen LogP contribution < -0.4 is 5.32 Å². The molecule has 15 heavy (non-hydrogen) atoms. The summed E-state index contributed by atoms with van der Waals surface area (Å²) in [4.78, 5) is 13.3. The summed E-state index contributed by atoms with van der Waals surface area (Å²) in [5.41, 5.74) is 0. The van der Waals surface area contributed by atoms with Gasteiger partial charge in [0.25, 0.3) is 0 Å². The van der Waals surface area contributed by atoms with Gasteiger partial charge in [0.15, 0.2) is 9.84 Å². The third-order valence-corrected chi connectivity index (χ3v) is 4.07. The Balaban J connectivity index is 2.53. The minimum Gasteiger partial charge on any atom is -0.339 e. The van der Waals surface area contributed by atoms with Crippen LogP contribution >= 0.6 is 0 Å². The Morgan fingerprint density at radius 2 is 2.20 bits per heavy atom. The van der Waals surface area contributed by atoms with Gasteiger partial charge in [0.1, 0.15) is 5.75 Å². The Morgan fingerprint density at radius 3 is 2.73 bits per heavy atom. The van der Waals surface area contributed by atoms with Gasteiger partial charge in [0.05, 0.1) is 0 Å². The Kier molecular flexibility index (Phi) is 4.10. The summed E-state index contributed by atoms with van der Waals surface area (Å²) in [6, 6.07) is 0.243. The molecule has 1 amide bonds. The van der Waals surface area contributed by atoms with Crippen LogP contribution in [0, 0.1) is 0 Å². The molecule has 1 fully saturated rings. The molecular weight excluding hydrogens is 216 g/mol. The van der Waals surface area contributed by atoms with Gasteiger partial charge in [-0.15, -0.1) is 0 Å². The fourth-order valence-corrected chi connectivity index (χ4v) is 2.30. The quantitative estimate of drug-likeness (QED) is 0.697. The van der Waals surface area contributed by atoms with Crippen molar-refractivity contribution < 1.29 is 13.2 Å². The zero-order valence-electron chi connectivity index (χ0n) is 9.19. The minimum absolute atomic E-state index is 0.0282. The molecule has 0 aliphatic carbocycles. The number of sulfone groups is 1. The molecule has 0 saturated carbocycles. The van der Waals surface area contributed by atoms with Crippen LogP contribution in [0.1, 0.15) is 13.8 Å². The molecule has 6 heteroatoms. The molecule has 1 aliphatic heterocycles. The second kappa shape index (κ2) is 4.94. The topological polar surface area (TPSA) is 66.5 Å². The van der Waals surface area contributed by atoms with E-state index in [0.29, 0.717) is 13.1 Å². The number of carbonyl (C=O) groups is 1. The molecule has 0 radical (unpaired) electrons. The van der Waals surface area contributed by atoms with Crippen molar-refractivity contribution in [2.45, 2.75) is 19.9 Å². The zero-order chi connectivity index (χ0) is 11.5. The number of nitrogens with zero attached hydrogens (tertiary/aromatic N) is 1. The minimum atomic E-state index is -3.20. The molecule has 1 rings (SSSR count). The molecule has 1 heterocycles. The van der Waals surface area contributed by atoms with Gasteiger partial charge in [-0.1, -0.05) is 6.92 Å². The van der Waals surface area contributed by atoms with E-state index >= 15 is 0 Å². The maximum Gasteiger partial charge on any atom is 0.237 e. The molecule has 1 atom stereocenters. The molecule has 1 saturated heterocycles. The van der Waals surface area contributed by atoms with E-state index in [9.17, 15) is 13.2 Å². The van der Waals surface area contributed by atoms with Crippen LogP contribution in [0.2, 0.25) is 0 Å². The van der Waals surface area contributed by atoms with E-state index in [1.165, 1.54) is 0 Å². The van der Waals surface area contributed by atoms with Crippen molar-refractivity contribution >= 4 is 15.7 Å². The first-order valence-corrected chi connectivity index (χ1v) is 6.98. The lowest BCUT2D eigenvalue weighted by molar-refractivity contribution is -0.129. The van der Waals surface area contributed by atoms with E-state index in [4.69, 9.17) is 0 Å². The normalized spacial score (nSPS) is 22.8. The SMILES string of the molecule is CCS(=O)(=O)CC(=O)N1CCN[C@H](C)C1. The van der Waals surface area contributed by atoms with E-state index in [1.807, 2.05) is 6.92 Å². The average Bonchev–Trinajstić information content (AvgIpc) is 2.17. The van der Waals surface area contributed by atoms with E-state index in [2.05, 4.69) is 5.32 Å². The summed E-state index contributed by atoms with van der Waals surface area (Å²) >= 11 is 0. The highest BCUT2D eigenvalue weighted by Gasteiger charge is 2.23. The number of rotatable bonds is 3. The largest absolute Gasteiger partial charge is 0.339 e. The van der Waals surface area contributed by atoms with Crippen LogP contribution in [0.15, 0.2) is 0 Å². The van der Waals surface area contributed by atoms with Gasteiger partial charge >= 0.3 is 0 Å². The molecule has 0 aromatic rings. The van der Waals surface area contributed by atoms with Gasteiger partial charge in [-0.3, -0.25) is 4.79 Å². The van der Waals surface area contributed by atoms with E-state index in [-0.39, 0.29) is 23.5 Å². The van der Waals surface area contributed by atoms with Crippen LogP contribution in [0.5, 0.6) is 0 Å². The lowest BCUT2D eigenvalue weighted by Gasteiger charge is -2.31. The van der Waals surface area contributed by atoms with Crippen LogP contribution in [0.25, 0.3) is 0 Å². The summed E-state index contributed by atoms with van der Waals surface area (Å²) in [6.45, 7) is 5.47. The number of piperazine rings is 1. The third-order valence-electron chi connectivity index (χ3n) is 2.50. The maximum absolute atomic E-state index is 11.6. The molecule has 5 nitrogen and oxygen atoms in total. The molecule has 0 aromatic carbocycles. The van der Waals surface area contributed by atoms with Crippen LogP contribution in [-0.4, -0.2) is 56.4 Å². The Hall–Kier alpha value is -0.620. The van der Waals surface area contributed by atoms with Crippen molar-refractivity contribution in [3.8, 4) is 0 Å². The monoisotopic (exact) mass is 234 g/mol. The lowest BCUT2D eigenvalue weighted by Crippen LogP contribution is -2.52. The van der Waals surface area contributed by atoms with Crippen molar-refractivity contribution in [2.24, 2.45) is 0 Å². The molecule has 88 valence electrons. The Bertz CT molecular complexity index is 326. The van der Waals surface area contributed by atoms with E-state index in [0.717, 1.165) is 6.54 Å². The highest BCUT2D eigenvalue weighted by atomic mass is 32.2. The van der Waals surface area contributed by atoms with E-state index < -0.39 is 9.84 Å². The standard InChI is InChI=1S/C9H18N2O3S/c1-3-15(13,14)7-9(12)11-5-4-10-8(2)6-11/h8,10H,3-7H2,1-2H3/t8-/m1/s1. The summed E-state index contributed by atoms with van der Waals surface area (Å²) < 4.78 is 22.5. The lowest BCUT2D eigenvalue weighted by atomic mass is 10.2. The summed E-state index contributed by atoms with van der Waals surface area (Å²) in [5, 5.41) is 3.20. The molecular formula is C9H18N2O3S. The fraction of sp³-hybridized carbons (Fsp3) is 0.889. The molecule has 0 aromatic heterocycles. The van der Waals surface area contributed by atoms with Crippen molar-refractivity contribution in [3.05, 3.63) is 0 Å². The van der Waals surface area contributed by atoms with Crippen molar-refractivity contribution in [1.29, 1.82) is 0 Å². The smallest absolute Gasteiger partial charge is 0.237 e. The highest BCUT2D eigenvalue weighted by molar-refractivity contribution is 7.92. The molecule has 0 unspecified atom stereocenters. The summed E-state index contributed by atoms with van der Waals surface area (Å²) in [5.74, 6) is -0.596. The molecule has 0 spiro atoms. The van der Waals surface area contributed by atoms with Gasteiger partial charge in [0.2, 0.25) is 5.91 Å².